The summed E-state index contributed by atoms with van der Waals surface area (Å²) in [4.78, 5) is 28.9. The van der Waals surface area contributed by atoms with E-state index in [1.807, 2.05) is 55.5 Å². The Morgan fingerprint density at radius 1 is 0.969 bits per heavy atom. The highest BCUT2D eigenvalue weighted by Gasteiger charge is 2.43. The average molecular weight is 488 g/mol. The molecular weight excluding hydrogens is 466 g/mol. The number of nitrogens with zero attached hydrogens (tertiary/aromatic N) is 1. The number of carbonyl (C=O) groups excluding carboxylic acids is 1. The first kappa shape index (κ1) is 20.7. The van der Waals surface area contributed by atoms with E-state index in [9.17, 15) is 9.59 Å². The number of halogens is 1. The molecule has 0 saturated heterocycles. The van der Waals surface area contributed by atoms with Crippen molar-refractivity contribution in [1.29, 1.82) is 0 Å². The summed E-state index contributed by atoms with van der Waals surface area (Å²) in [5.41, 5.74) is 4.41. The second kappa shape index (κ2) is 7.75. The van der Waals surface area contributed by atoms with Gasteiger partial charge in [-0.1, -0.05) is 71.7 Å². The Hall–Kier alpha value is -3.18. The Balaban J connectivity index is 1.79. The van der Waals surface area contributed by atoms with E-state index < -0.39 is 6.04 Å². The number of anilines is 1. The number of hydrogen-bond donors (Lipinski definition) is 0. The van der Waals surface area contributed by atoms with Crippen LogP contribution in [0.4, 0.5) is 5.69 Å². The van der Waals surface area contributed by atoms with Gasteiger partial charge >= 0.3 is 0 Å². The summed E-state index contributed by atoms with van der Waals surface area (Å²) in [7, 11) is 0. The SMILES string of the molecule is Cc1ccc2oc3c(c(=O)c2c1)C(c1ccc(C(C)C)cc1)N(c1cccc(Br)c1)C3=O. The fourth-order valence-corrected chi connectivity index (χ4v) is 4.74. The first-order valence-corrected chi connectivity index (χ1v) is 11.4. The van der Waals surface area contributed by atoms with Crippen LogP contribution in [0.15, 0.2) is 80.4 Å². The number of aryl methyl sites for hydroxylation is 1. The molecular formula is C27H22BrNO3. The maximum absolute atomic E-state index is 13.7. The first-order chi connectivity index (χ1) is 15.3. The molecule has 0 saturated carbocycles. The molecule has 0 bridgehead atoms. The zero-order chi connectivity index (χ0) is 22.6. The molecule has 4 nitrogen and oxygen atoms in total. The average Bonchev–Trinajstić information content (AvgIpc) is 3.07. The molecule has 5 rings (SSSR count). The van der Waals surface area contributed by atoms with Crippen molar-refractivity contribution in [3.63, 3.8) is 0 Å². The molecule has 3 aromatic carbocycles. The van der Waals surface area contributed by atoms with Crippen LogP contribution in [0.25, 0.3) is 11.0 Å². The lowest BCUT2D eigenvalue weighted by atomic mass is 9.95. The topological polar surface area (TPSA) is 50.5 Å². The highest BCUT2D eigenvalue weighted by Crippen LogP contribution is 2.42. The van der Waals surface area contributed by atoms with Gasteiger partial charge in [-0.3, -0.25) is 14.5 Å². The van der Waals surface area contributed by atoms with Crippen LogP contribution in [0, 0.1) is 6.92 Å². The molecule has 0 spiro atoms. The predicted molar refractivity (Wildman–Crippen MR) is 131 cm³/mol. The summed E-state index contributed by atoms with van der Waals surface area (Å²) in [6, 6.07) is 20.6. The normalized spacial score (nSPS) is 15.6. The molecule has 0 aliphatic carbocycles. The Bertz CT molecular complexity index is 1420. The lowest BCUT2D eigenvalue weighted by Gasteiger charge is -2.25. The fraction of sp³-hybridized carbons (Fsp3) is 0.185. The molecule has 32 heavy (non-hydrogen) atoms. The fourth-order valence-electron chi connectivity index (χ4n) is 4.36. The van der Waals surface area contributed by atoms with Crippen LogP contribution in [-0.4, -0.2) is 5.91 Å². The molecule has 0 fully saturated rings. The van der Waals surface area contributed by atoms with Gasteiger partial charge in [-0.05, 0) is 54.3 Å². The van der Waals surface area contributed by atoms with E-state index >= 15 is 0 Å². The van der Waals surface area contributed by atoms with E-state index in [0.717, 1.165) is 15.6 Å². The third kappa shape index (κ3) is 3.28. The van der Waals surface area contributed by atoms with E-state index in [2.05, 4.69) is 41.9 Å². The van der Waals surface area contributed by atoms with E-state index in [-0.39, 0.29) is 17.1 Å². The second-order valence-electron chi connectivity index (χ2n) is 8.55. The lowest BCUT2D eigenvalue weighted by molar-refractivity contribution is 0.0971. The number of fused-ring (bicyclic) bond motifs is 2. The van der Waals surface area contributed by atoms with E-state index in [1.54, 1.807) is 11.0 Å². The van der Waals surface area contributed by atoms with Crippen molar-refractivity contribution in [2.24, 2.45) is 0 Å². The minimum Gasteiger partial charge on any atom is -0.450 e. The van der Waals surface area contributed by atoms with Crippen molar-refractivity contribution >= 4 is 38.5 Å². The largest absolute Gasteiger partial charge is 0.450 e. The second-order valence-corrected chi connectivity index (χ2v) is 9.47. The van der Waals surface area contributed by atoms with Crippen LogP contribution >= 0.6 is 15.9 Å². The van der Waals surface area contributed by atoms with Crippen LogP contribution in [0.2, 0.25) is 0 Å². The number of hydrogen-bond acceptors (Lipinski definition) is 3. The Labute approximate surface area is 194 Å². The summed E-state index contributed by atoms with van der Waals surface area (Å²) in [5.74, 6) is 0.194. The predicted octanol–water partition coefficient (Wildman–Crippen LogP) is 6.74. The third-order valence-corrected chi connectivity index (χ3v) is 6.52. The molecule has 160 valence electrons. The number of benzene rings is 3. The van der Waals surface area contributed by atoms with E-state index in [4.69, 9.17) is 4.42 Å². The van der Waals surface area contributed by atoms with Gasteiger partial charge in [0.15, 0.2) is 5.43 Å². The van der Waals surface area contributed by atoms with Crippen LogP contribution in [0.1, 0.15) is 58.6 Å². The molecule has 1 amide bonds. The molecule has 4 aromatic rings. The summed E-state index contributed by atoms with van der Waals surface area (Å²) < 4.78 is 6.90. The molecule has 1 aliphatic heterocycles. The van der Waals surface area contributed by atoms with E-state index in [1.165, 1.54) is 5.56 Å². The van der Waals surface area contributed by atoms with Crippen molar-refractivity contribution in [2.45, 2.75) is 32.7 Å². The van der Waals surface area contributed by atoms with Crippen molar-refractivity contribution in [3.05, 3.63) is 109 Å². The number of carbonyl (C=O) groups is 1. The zero-order valence-electron chi connectivity index (χ0n) is 18.1. The summed E-state index contributed by atoms with van der Waals surface area (Å²) in [6.45, 7) is 6.22. The molecule has 2 heterocycles. The molecule has 1 unspecified atom stereocenters. The quantitative estimate of drug-likeness (QED) is 0.321. The van der Waals surface area contributed by atoms with Gasteiger partial charge < -0.3 is 4.42 Å². The van der Waals surface area contributed by atoms with Crippen LogP contribution in [0.5, 0.6) is 0 Å². The van der Waals surface area contributed by atoms with Crippen LogP contribution < -0.4 is 10.3 Å². The van der Waals surface area contributed by atoms with Gasteiger partial charge in [0, 0.05) is 10.2 Å². The minimum atomic E-state index is -0.561. The van der Waals surface area contributed by atoms with Crippen molar-refractivity contribution in [3.8, 4) is 0 Å². The summed E-state index contributed by atoms with van der Waals surface area (Å²) >= 11 is 3.50. The standard InChI is InChI=1S/C27H22BrNO3/c1-15(2)17-8-10-18(11-9-17)24-23-25(30)21-13-16(3)7-12-22(21)32-26(23)27(31)29(24)20-6-4-5-19(28)14-20/h4-15,24H,1-3H3. The Morgan fingerprint density at radius 2 is 1.72 bits per heavy atom. The van der Waals surface area contributed by atoms with Crippen molar-refractivity contribution in [2.75, 3.05) is 4.90 Å². The molecule has 1 atom stereocenters. The van der Waals surface area contributed by atoms with E-state index in [0.29, 0.717) is 28.1 Å². The molecule has 0 radical (unpaired) electrons. The van der Waals surface area contributed by atoms with Gasteiger partial charge in [0.1, 0.15) is 5.58 Å². The summed E-state index contributed by atoms with van der Waals surface area (Å²) in [5, 5.41) is 0.497. The van der Waals surface area contributed by atoms with Gasteiger partial charge in [0.2, 0.25) is 5.76 Å². The highest BCUT2D eigenvalue weighted by atomic mass is 79.9. The van der Waals surface area contributed by atoms with Crippen LogP contribution in [-0.2, 0) is 0 Å². The Morgan fingerprint density at radius 3 is 2.41 bits per heavy atom. The first-order valence-electron chi connectivity index (χ1n) is 10.6. The molecule has 1 aliphatic rings. The maximum atomic E-state index is 13.7. The maximum Gasteiger partial charge on any atom is 0.295 e. The van der Waals surface area contributed by atoms with Gasteiger partial charge in [-0.2, -0.15) is 0 Å². The van der Waals surface area contributed by atoms with Gasteiger partial charge in [-0.25, -0.2) is 0 Å². The highest BCUT2D eigenvalue weighted by molar-refractivity contribution is 9.10. The number of rotatable bonds is 3. The van der Waals surface area contributed by atoms with Crippen molar-refractivity contribution < 1.29 is 9.21 Å². The third-order valence-electron chi connectivity index (χ3n) is 6.03. The smallest absolute Gasteiger partial charge is 0.295 e. The molecule has 1 aromatic heterocycles. The van der Waals surface area contributed by atoms with Gasteiger partial charge in [0.25, 0.3) is 5.91 Å². The van der Waals surface area contributed by atoms with Crippen molar-refractivity contribution in [1.82, 2.24) is 0 Å². The van der Waals surface area contributed by atoms with Gasteiger partial charge in [0.05, 0.1) is 17.0 Å². The lowest BCUT2D eigenvalue weighted by Crippen LogP contribution is -2.29. The van der Waals surface area contributed by atoms with Crippen LogP contribution in [0.3, 0.4) is 0 Å². The Kier molecular flexibility index (Phi) is 5.01. The van der Waals surface area contributed by atoms with Gasteiger partial charge in [-0.15, -0.1) is 0 Å². The molecule has 5 heteroatoms. The minimum absolute atomic E-state index is 0.115. The monoisotopic (exact) mass is 487 g/mol. The molecule has 0 N–H and O–H groups in total. The summed E-state index contributed by atoms with van der Waals surface area (Å²) in [6.07, 6.45) is 0. The zero-order valence-corrected chi connectivity index (χ0v) is 19.6. The number of amides is 1.